The predicted molar refractivity (Wildman–Crippen MR) is 67.6 cm³/mol. The van der Waals surface area contributed by atoms with Gasteiger partial charge in [0.05, 0.1) is 18.8 Å². The molecule has 0 aromatic heterocycles. The average molecular weight is 293 g/mol. The Morgan fingerprint density at radius 2 is 2.00 bits per heavy atom. The van der Waals surface area contributed by atoms with E-state index in [1.54, 1.807) is 13.2 Å². The van der Waals surface area contributed by atoms with Crippen molar-refractivity contribution < 1.29 is 27.8 Å². The quantitative estimate of drug-likeness (QED) is 0.718. The molecule has 0 fully saturated rings. The van der Waals surface area contributed by atoms with Crippen LogP contribution in [-0.4, -0.2) is 38.6 Å². The molecular formula is C13H18F3NO3. The first kappa shape index (κ1) is 16.7. The van der Waals surface area contributed by atoms with Crippen LogP contribution < -0.4 is 10.1 Å². The Labute approximate surface area is 115 Å². The van der Waals surface area contributed by atoms with Gasteiger partial charge in [-0.3, -0.25) is 0 Å². The van der Waals surface area contributed by atoms with Crippen molar-refractivity contribution in [2.45, 2.75) is 12.7 Å². The van der Waals surface area contributed by atoms with Gasteiger partial charge < -0.3 is 19.9 Å². The van der Waals surface area contributed by atoms with Crippen LogP contribution >= 0.6 is 0 Å². The van der Waals surface area contributed by atoms with E-state index in [9.17, 15) is 13.2 Å². The lowest BCUT2D eigenvalue weighted by atomic mass is 10.1. The fraction of sp³-hybridized carbons (Fsp3) is 0.538. The number of benzene rings is 1. The molecule has 4 nitrogen and oxygen atoms in total. The fourth-order valence-electron chi connectivity index (χ4n) is 1.60. The van der Waals surface area contributed by atoms with E-state index in [-0.39, 0.29) is 19.0 Å². The Hall–Kier alpha value is -1.31. The van der Waals surface area contributed by atoms with Crippen molar-refractivity contribution in [2.24, 2.45) is 0 Å². The summed E-state index contributed by atoms with van der Waals surface area (Å²) >= 11 is 0. The fourth-order valence-corrected chi connectivity index (χ4v) is 1.60. The molecule has 0 saturated carbocycles. The summed E-state index contributed by atoms with van der Waals surface area (Å²) in [4.78, 5) is 0. The number of aliphatic hydroxyl groups excluding tert-OH is 1. The van der Waals surface area contributed by atoms with Gasteiger partial charge in [-0.05, 0) is 17.7 Å². The number of aliphatic hydroxyl groups is 1. The zero-order valence-electron chi connectivity index (χ0n) is 11.2. The first-order chi connectivity index (χ1) is 9.49. The van der Waals surface area contributed by atoms with E-state index in [0.29, 0.717) is 25.3 Å². The van der Waals surface area contributed by atoms with E-state index >= 15 is 0 Å². The summed E-state index contributed by atoms with van der Waals surface area (Å²) in [5, 5.41) is 11.6. The first-order valence-corrected chi connectivity index (χ1v) is 6.12. The molecule has 7 heteroatoms. The molecule has 0 aliphatic rings. The van der Waals surface area contributed by atoms with Crippen LogP contribution in [0.2, 0.25) is 0 Å². The van der Waals surface area contributed by atoms with Crippen molar-refractivity contribution in [1.29, 1.82) is 0 Å². The third-order valence-corrected chi connectivity index (χ3v) is 2.51. The lowest BCUT2D eigenvalue weighted by molar-refractivity contribution is -0.139. The summed E-state index contributed by atoms with van der Waals surface area (Å²) in [6.07, 6.45) is -4.49. The van der Waals surface area contributed by atoms with Crippen molar-refractivity contribution in [3.8, 4) is 5.75 Å². The monoisotopic (exact) mass is 293 g/mol. The van der Waals surface area contributed by atoms with Gasteiger partial charge in [0.25, 0.3) is 0 Å². The Morgan fingerprint density at radius 3 is 2.60 bits per heavy atom. The van der Waals surface area contributed by atoms with Crippen LogP contribution in [0.5, 0.6) is 5.75 Å². The van der Waals surface area contributed by atoms with Gasteiger partial charge in [-0.15, -0.1) is 0 Å². The Bertz CT molecular complexity index is 410. The van der Waals surface area contributed by atoms with Crippen molar-refractivity contribution in [2.75, 3.05) is 33.5 Å². The maximum Gasteiger partial charge on any atom is 0.419 e. The standard InChI is InChI=1S/C13H18F3NO3/c1-19-6-4-17-9-10-2-3-12(20-7-5-18)11(8-10)13(14,15)16/h2-3,8,17-18H,4-7,9H2,1H3. The van der Waals surface area contributed by atoms with E-state index < -0.39 is 11.7 Å². The second kappa shape index (κ2) is 8.08. The Balaban J connectivity index is 2.79. The number of rotatable bonds is 8. The van der Waals surface area contributed by atoms with Gasteiger partial charge in [-0.1, -0.05) is 6.07 Å². The highest BCUT2D eigenvalue weighted by Crippen LogP contribution is 2.36. The average Bonchev–Trinajstić information content (AvgIpc) is 2.41. The van der Waals surface area contributed by atoms with Crippen LogP contribution in [0.3, 0.4) is 0 Å². The number of halogens is 3. The maximum absolute atomic E-state index is 12.9. The van der Waals surface area contributed by atoms with Crippen LogP contribution in [0.25, 0.3) is 0 Å². The zero-order valence-corrected chi connectivity index (χ0v) is 11.2. The van der Waals surface area contributed by atoms with Crippen LogP contribution in [0.15, 0.2) is 18.2 Å². The van der Waals surface area contributed by atoms with Gasteiger partial charge in [0, 0.05) is 20.2 Å². The number of methoxy groups -OCH3 is 1. The molecule has 0 spiro atoms. The smallest absolute Gasteiger partial charge is 0.419 e. The minimum Gasteiger partial charge on any atom is -0.491 e. The molecule has 0 aliphatic heterocycles. The second-order valence-corrected chi connectivity index (χ2v) is 4.07. The normalized spacial score (nSPS) is 11.7. The molecule has 0 unspecified atom stereocenters. The van der Waals surface area contributed by atoms with Crippen LogP contribution in [0.4, 0.5) is 13.2 Å². The molecule has 0 atom stereocenters. The molecule has 0 saturated heterocycles. The molecule has 2 N–H and O–H groups in total. The first-order valence-electron chi connectivity index (χ1n) is 6.12. The highest BCUT2D eigenvalue weighted by molar-refractivity contribution is 5.39. The molecule has 1 aromatic carbocycles. The lowest BCUT2D eigenvalue weighted by Gasteiger charge is -2.15. The van der Waals surface area contributed by atoms with Crippen molar-refractivity contribution in [1.82, 2.24) is 5.32 Å². The molecule has 0 bridgehead atoms. The molecular weight excluding hydrogens is 275 g/mol. The van der Waals surface area contributed by atoms with E-state index in [2.05, 4.69) is 5.32 Å². The van der Waals surface area contributed by atoms with Gasteiger partial charge in [-0.25, -0.2) is 0 Å². The highest BCUT2D eigenvalue weighted by Gasteiger charge is 2.34. The molecule has 1 rings (SSSR count). The van der Waals surface area contributed by atoms with Gasteiger partial charge >= 0.3 is 6.18 Å². The van der Waals surface area contributed by atoms with Crippen molar-refractivity contribution in [3.63, 3.8) is 0 Å². The summed E-state index contributed by atoms with van der Waals surface area (Å²) in [5.74, 6) is -0.271. The Kier molecular flexibility index (Phi) is 6.77. The summed E-state index contributed by atoms with van der Waals surface area (Å²) in [5.41, 5.74) is -0.332. The predicted octanol–water partition coefficient (Wildman–Crippen LogP) is 1.81. The molecule has 0 aliphatic carbocycles. The summed E-state index contributed by atoms with van der Waals surface area (Å²) in [6.45, 7) is 0.850. The number of nitrogens with one attached hydrogen (secondary N) is 1. The second-order valence-electron chi connectivity index (χ2n) is 4.07. The molecule has 0 heterocycles. The minimum absolute atomic E-state index is 0.172. The van der Waals surface area contributed by atoms with Crippen LogP contribution in [0.1, 0.15) is 11.1 Å². The van der Waals surface area contributed by atoms with Gasteiger partial charge in [0.15, 0.2) is 0 Å². The minimum atomic E-state index is -4.49. The summed E-state index contributed by atoms with van der Waals surface area (Å²) in [7, 11) is 1.55. The maximum atomic E-state index is 12.9. The third-order valence-electron chi connectivity index (χ3n) is 2.51. The lowest BCUT2D eigenvalue weighted by Crippen LogP contribution is -2.19. The number of alkyl halides is 3. The SMILES string of the molecule is COCCNCc1ccc(OCCO)c(C(F)(F)F)c1. The van der Waals surface area contributed by atoms with Crippen molar-refractivity contribution >= 4 is 0 Å². The van der Waals surface area contributed by atoms with Crippen molar-refractivity contribution in [3.05, 3.63) is 29.3 Å². The topological polar surface area (TPSA) is 50.7 Å². The van der Waals surface area contributed by atoms with E-state index in [4.69, 9.17) is 14.6 Å². The van der Waals surface area contributed by atoms with Crippen LogP contribution in [0, 0.1) is 0 Å². The van der Waals surface area contributed by atoms with Gasteiger partial charge in [0.1, 0.15) is 12.4 Å². The van der Waals surface area contributed by atoms with Gasteiger partial charge in [0.2, 0.25) is 0 Å². The van der Waals surface area contributed by atoms with E-state index in [0.717, 1.165) is 6.07 Å². The van der Waals surface area contributed by atoms with E-state index in [1.165, 1.54) is 6.07 Å². The number of ether oxygens (including phenoxy) is 2. The van der Waals surface area contributed by atoms with Crippen LogP contribution in [-0.2, 0) is 17.5 Å². The van der Waals surface area contributed by atoms with E-state index in [1.807, 2.05) is 0 Å². The summed E-state index contributed by atoms with van der Waals surface area (Å²) in [6, 6.07) is 3.88. The highest BCUT2D eigenvalue weighted by atomic mass is 19.4. The number of hydrogen-bond donors (Lipinski definition) is 2. The molecule has 1 aromatic rings. The zero-order chi connectivity index (χ0) is 15.0. The summed E-state index contributed by atoms with van der Waals surface area (Å²) < 4.78 is 48.5. The third kappa shape index (κ3) is 5.36. The molecule has 114 valence electrons. The largest absolute Gasteiger partial charge is 0.491 e. The molecule has 0 radical (unpaired) electrons. The Morgan fingerprint density at radius 1 is 1.25 bits per heavy atom. The molecule has 0 amide bonds. The van der Waals surface area contributed by atoms with Gasteiger partial charge in [-0.2, -0.15) is 13.2 Å². The molecule has 20 heavy (non-hydrogen) atoms. The number of hydrogen-bond acceptors (Lipinski definition) is 4.